The molecule has 0 saturated heterocycles. The van der Waals surface area contributed by atoms with Crippen LogP contribution in [0.2, 0.25) is 0 Å². The lowest BCUT2D eigenvalue weighted by Crippen LogP contribution is -2.18. The molecule has 0 aliphatic carbocycles. The third-order valence-electron chi connectivity index (χ3n) is 6.00. The van der Waals surface area contributed by atoms with Gasteiger partial charge >= 0.3 is 0 Å². The van der Waals surface area contributed by atoms with Crippen LogP contribution >= 0.6 is 23.1 Å². The van der Waals surface area contributed by atoms with Gasteiger partial charge in [-0.2, -0.15) is 0 Å². The van der Waals surface area contributed by atoms with E-state index in [1.165, 1.54) is 23.1 Å². The number of nitrogens with zero attached hydrogens (tertiary/aromatic N) is 1. The zero-order valence-corrected chi connectivity index (χ0v) is 23.1. The van der Waals surface area contributed by atoms with Crippen LogP contribution in [-0.2, 0) is 4.79 Å². The maximum absolute atomic E-state index is 13.5. The average molecular weight is 554 g/mol. The van der Waals surface area contributed by atoms with Crippen molar-refractivity contribution in [3.8, 4) is 5.75 Å². The molecule has 1 unspecified atom stereocenters. The second kappa shape index (κ2) is 12.1. The number of ether oxygens (including phenoxy) is 1. The van der Waals surface area contributed by atoms with Crippen molar-refractivity contribution < 1.29 is 14.3 Å². The monoisotopic (exact) mass is 553 g/mol. The summed E-state index contributed by atoms with van der Waals surface area (Å²) in [6.45, 7) is 4.44. The maximum atomic E-state index is 13.5. The van der Waals surface area contributed by atoms with Gasteiger partial charge in [0.15, 0.2) is 5.13 Å². The smallest absolute Gasteiger partial charge is 0.255 e. The van der Waals surface area contributed by atoms with E-state index in [1.807, 2.05) is 105 Å². The van der Waals surface area contributed by atoms with E-state index < -0.39 is 5.25 Å². The van der Waals surface area contributed by atoms with Crippen molar-refractivity contribution >= 4 is 55.9 Å². The number of hydrogen-bond donors (Lipinski definition) is 2. The van der Waals surface area contributed by atoms with Crippen LogP contribution in [0.3, 0.4) is 0 Å². The van der Waals surface area contributed by atoms with E-state index in [4.69, 9.17) is 4.74 Å². The van der Waals surface area contributed by atoms with Gasteiger partial charge in [0.2, 0.25) is 5.91 Å². The molecule has 196 valence electrons. The second-order valence-electron chi connectivity index (χ2n) is 8.77. The zero-order valence-electron chi connectivity index (χ0n) is 21.5. The summed E-state index contributed by atoms with van der Waals surface area (Å²) in [4.78, 5) is 31.7. The Balaban J connectivity index is 1.32. The molecule has 0 saturated carbocycles. The maximum Gasteiger partial charge on any atom is 0.255 e. The van der Waals surface area contributed by atoms with Crippen LogP contribution in [0.25, 0.3) is 10.2 Å². The lowest BCUT2D eigenvalue weighted by molar-refractivity contribution is -0.115. The standard InChI is InChI=1S/C31H27N3O3S2/c1-3-37-23-15-18-26-27(19-23)39-31(33-26)34-30(36)28(21-10-5-4-6-11-21)38-24-16-13-22(14-17-24)32-29(35)25-12-8-7-9-20(25)2/h4-19,28H,3H2,1-2H3,(H,32,35)(H,33,34,36). The molecule has 0 spiro atoms. The molecule has 0 aliphatic rings. The van der Waals surface area contributed by atoms with Gasteiger partial charge in [0.05, 0.1) is 16.8 Å². The Labute approximate surface area is 235 Å². The first-order valence-electron chi connectivity index (χ1n) is 12.5. The minimum absolute atomic E-state index is 0.153. The van der Waals surface area contributed by atoms with E-state index in [1.54, 1.807) is 6.07 Å². The van der Waals surface area contributed by atoms with Crippen molar-refractivity contribution in [2.24, 2.45) is 0 Å². The normalized spacial score (nSPS) is 11.6. The molecule has 0 aliphatic heterocycles. The van der Waals surface area contributed by atoms with E-state index in [0.717, 1.165) is 32.0 Å². The van der Waals surface area contributed by atoms with E-state index in [2.05, 4.69) is 15.6 Å². The van der Waals surface area contributed by atoms with Crippen molar-refractivity contribution in [1.82, 2.24) is 4.98 Å². The third kappa shape index (κ3) is 6.47. The van der Waals surface area contributed by atoms with Gasteiger partial charge in [0.1, 0.15) is 11.0 Å². The molecule has 8 heteroatoms. The summed E-state index contributed by atoms with van der Waals surface area (Å²) in [7, 11) is 0. The SMILES string of the molecule is CCOc1ccc2nc(NC(=O)C(Sc3ccc(NC(=O)c4ccccc4C)cc3)c3ccccc3)sc2c1. The molecule has 1 atom stereocenters. The van der Waals surface area contributed by atoms with Gasteiger partial charge in [-0.25, -0.2) is 4.98 Å². The quantitative estimate of drug-likeness (QED) is 0.183. The van der Waals surface area contributed by atoms with E-state index >= 15 is 0 Å². The summed E-state index contributed by atoms with van der Waals surface area (Å²) in [6.07, 6.45) is 0. The number of anilines is 2. The number of nitrogens with one attached hydrogen (secondary N) is 2. The summed E-state index contributed by atoms with van der Waals surface area (Å²) in [5.74, 6) is 0.467. The molecule has 1 aromatic heterocycles. The third-order valence-corrected chi connectivity index (χ3v) is 8.20. The highest BCUT2D eigenvalue weighted by Crippen LogP contribution is 2.38. The molecule has 2 N–H and O–H groups in total. The average Bonchev–Trinajstić information content (AvgIpc) is 3.35. The van der Waals surface area contributed by atoms with Gasteiger partial charge in [-0.15, -0.1) is 11.8 Å². The number of carbonyl (C=O) groups excluding carboxylic acids is 2. The van der Waals surface area contributed by atoms with Crippen LogP contribution in [0.1, 0.15) is 33.7 Å². The molecule has 0 radical (unpaired) electrons. The highest BCUT2D eigenvalue weighted by Gasteiger charge is 2.23. The van der Waals surface area contributed by atoms with Crippen molar-refractivity contribution in [2.75, 3.05) is 17.2 Å². The predicted molar refractivity (Wildman–Crippen MR) is 160 cm³/mol. The van der Waals surface area contributed by atoms with Crippen LogP contribution < -0.4 is 15.4 Å². The number of benzene rings is 4. The summed E-state index contributed by atoms with van der Waals surface area (Å²) in [6, 6.07) is 30.4. The lowest BCUT2D eigenvalue weighted by atomic mass is 10.1. The molecular weight excluding hydrogens is 526 g/mol. The van der Waals surface area contributed by atoms with Gasteiger partial charge in [0.25, 0.3) is 5.91 Å². The summed E-state index contributed by atoms with van der Waals surface area (Å²) >= 11 is 2.86. The topological polar surface area (TPSA) is 80.3 Å². The van der Waals surface area contributed by atoms with Gasteiger partial charge in [-0.05, 0) is 73.5 Å². The summed E-state index contributed by atoms with van der Waals surface area (Å²) in [5, 5.41) is 6.01. The Bertz CT molecular complexity index is 1600. The van der Waals surface area contributed by atoms with Gasteiger partial charge in [0, 0.05) is 16.1 Å². The first kappa shape index (κ1) is 26.5. The number of amides is 2. The highest BCUT2D eigenvalue weighted by atomic mass is 32.2. The van der Waals surface area contributed by atoms with Crippen molar-refractivity contribution in [3.05, 3.63) is 114 Å². The van der Waals surface area contributed by atoms with E-state index in [0.29, 0.717) is 23.0 Å². The molecule has 1 heterocycles. The summed E-state index contributed by atoms with van der Waals surface area (Å²) < 4.78 is 6.54. The Kier molecular flexibility index (Phi) is 8.24. The van der Waals surface area contributed by atoms with E-state index in [-0.39, 0.29) is 11.8 Å². The Morgan fingerprint density at radius 2 is 1.67 bits per heavy atom. The second-order valence-corrected chi connectivity index (χ2v) is 11.0. The molecular formula is C31H27N3O3S2. The van der Waals surface area contributed by atoms with Crippen molar-refractivity contribution in [2.45, 2.75) is 24.0 Å². The molecule has 6 nitrogen and oxygen atoms in total. The first-order chi connectivity index (χ1) is 19.0. The van der Waals surface area contributed by atoms with Gasteiger partial charge in [-0.1, -0.05) is 59.9 Å². The fourth-order valence-corrected chi connectivity index (χ4v) is 5.99. The zero-order chi connectivity index (χ0) is 27.2. The van der Waals surface area contributed by atoms with Crippen LogP contribution in [0, 0.1) is 6.92 Å². The molecule has 39 heavy (non-hydrogen) atoms. The fraction of sp³-hybridized carbons (Fsp3) is 0.129. The van der Waals surface area contributed by atoms with E-state index in [9.17, 15) is 9.59 Å². The number of aromatic nitrogens is 1. The lowest BCUT2D eigenvalue weighted by Gasteiger charge is -2.16. The Morgan fingerprint density at radius 1 is 0.923 bits per heavy atom. The van der Waals surface area contributed by atoms with Crippen molar-refractivity contribution in [1.29, 1.82) is 0 Å². The number of thiazole rings is 1. The predicted octanol–water partition coefficient (Wildman–Crippen LogP) is 7.73. The number of carbonyl (C=O) groups is 2. The Morgan fingerprint density at radius 3 is 2.41 bits per heavy atom. The number of hydrogen-bond acceptors (Lipinski definition) is 6. The molecule has 2 amide bonds. The van der Waals surface area contributed by atoms with Gasteiger partial charge < -0.3 is 15.4 Å². The van der Waals surface area contributed by atoms with Gasteiger partial charge in [-0.3, -0.25) is 9.59 Å². The van der Waals surface area contributed by atoms with Crippen molar-refractivity contribution in [3.63, 3.8) is 0 Å². The van der Waals surface area contributed by atoms with Crippen LogP contribution in [0.5, 0.6) is 5.75 Å². The number of rotatable bonds is 9. The largest absolute Gasteiger partial charge is 0.494 e. The fourth-order valence-electron chi connectivity index (χ4n) is 4.07. The molecule has 4 aromatic carbocycles. The number of fused-ring (bicyclic) bond motifs is 1. The van der Waals surface area contributed by atoms with Crippen LogP contribution in [-0.4, -0.2) is 23.4 Å². The number of aryl methyl sites for hydroxylation is 1. The Hall–Kier alpha value is -4.14. The summed E-state index contributed by atoms with van der Waals surface area (Å²) in [5.41, 5.74) is 3.94. The minimum atomic E-state index is -0.496. The molecule has 0 bridgehead atoms. The van der Waals surface area contributed by atoms with Crippen LogP contribution in [0.4, 0.5) is 10.8 Å². The van der Waals surface area contributed by atoms with Crippen LogP contribution in [0.15, 0.2) is 102 Å². The molecule has 5 rings (SSSR count). The molecule has 5 aromatic rings. The number of thioether (sulfide) groups is 1. The first-order valence-corrected chi connectivity index (χ1v) is 14.2. The molecule has 0 fully saturated rings. The minimum Gasteiger partial charge on any atom is -0.494 e. The highest BCUT2D eigenvalue weighted by molar-refractivity contribution is 8.00.